The second-order valence-electron chi connectivity index (χ2n) is 4.01. The van der Waals surface area contributed by atoms with E-state index in [0.29, 0.717) is 0 Å². The molecule has 0 aromatic rings. The van der Waals surface area contributed by atoms with E-state index in [-0.39, 0.29) is 5.57 Å². The van der Waals surface area contributed by atoms with Crippen LogP contribution in [0.5, 0.6) is 0 Å². The monoisotopic (exact) mass is 302 g/mol. The zero-order valence-corrected chi connectivity index (χ0v) is 12.3. The summed E-state index contributed by atoms with van der Waals surface area (Å²) in [5.74, 6) is -3.25. The molecule has 0 spiro atoms. The molecule has 0 amide bonds. The smallest absolute Gasteiger partial charge is 0.346 e. The van der Waals surface area contributed by atoms with Gasteiger partial charge in [-0.2, -0.15) is 0 Å². The summed E-state index contributed by atoms with van der Waals surface area (Å²) in [6, 6.07) is 0. The van der Waals surface area contributed by atoms with Crippen LogP contribution in [0.15, 0.2) is 12.2 Å². The zero-order valence-electron chi connectivity index (χ0n) is 12.3. The number of ether oxygens (including phenoxy) is 4. The van der Waals surface area contributed by atoms with E-state index in [2.05, 4.69) is 16.1 Å². The summed E-state index contributed by atoms with van der Waals surface area (Å²) in [6.07, 6.45) is -2.70. The minimum absolute atomic E-state index is 0.215. The third-order valence-electron chi connectivity index (χ3n) is 2.30. The largest absolute Gasteiger partial charge is 0.466 e. The Balaban J connectivity index is 4.35. The lowest BCUT2D eigenvalue weighted by Gasteiger charge is -2.13. The molecule has 0 aliphatic rings. The van der Waals surface area contributed by atoms with Crippen molar-refractivity contribution in [2.45, 2.75) is 32.5 Å². The van der Waals surface area contributed by atoms with E-state index in [9.17, 15) is 19.2 Å². The summed E-state index contributed by atoms with van der Waals surface area (Å²) in [4.78, 5) is 45.2. The minimum Gasteiger partial charge on any atom is -0.466 e. The van der Waals surface area contributed by atoms with E-state index in [0.717, 1.165) is 14.2 Å². The van der Waals surface area contributed by atoms with Gasteiger partial charge in [0.1, 0.15) is 0 Å². The Morgan fingerprint density at radius 2 is 1.33 bits per heavy atom. The highest BCUT2D eigenvalue weighted by molar-refractivity contribution is 5.94. The van der Waals surface area contributed by atoms with Crippen LogP contribution in [0, 0.1) is 0 Å². The summed E-state index contributed by atoms with van der Waals surface area (Å²) >= 11 is 0. The van der Waals surface area contributed by atoms with Crippen molar-refractivity contribution in [3.05, 3.63) is 12.2 Å². The van der Waals surface area contributed by atoms with Crippen LogP contribution in [0.25, 0.3) is 0 Å². The lowest BCUT2D eigenvalue weighted by Crippen LogP contribution is -2.28. The highest BCUT2D eigenvalue weighted by Crippen LogP contribution is 2.08. The van der Waals surface area contributed by atoms with E-state index in [1.54, 1.807) is 0 Å². The fraction of sp³-hybridized carbons (Fsp3) is 0.538. The SMILES string of the molecule is C=C(CC(=O)OC(C)C(=O)OC)C(=O)OC(C)C(=O)OC. The molecule has 2 atom stereocenters. The van der Waals surface area contributed by atoms with Crippen molar-refractivity contribution in [2.75, 3.05) is 14.2 Å². The summed E-state index contributed by atoms with van der Waals surface area (Å²) in [7, 11) is 2.30. The molecule has 0 bridgehead atoms. The Hall–Kier alpha value is -2.38. The molecule has 118 valence electrons. The van der Waals surface area contributed by atoms with Gasteiger partial charge in [0, 0.05) is 5.57 Å². The standard InChI is InChI=1S/C13H18O8/c1-7(11(15)21-9(3)13(17)19-5)6-10(14)20-8(2)12(16)18-4/h8-9H,1,6H2,2-5H3. The summed E-state index contributed by atoms with van der Waals surface area (Å²) in [5.41, 5.74) is -0.215. The molecule has 0 aliphatic carbocycles. The highest BCUT2D eigenvalue weighted by Gasteiger charge is 2.23. The molecule has 0 saturated heterocycles. The van der Waals surface area contributed by atoms with Crippen molar-refractivity contribution < 1.29 is 38.1 Å². The first-order chi connectivity index (χ1) is 9.72. The van der Waals surface area contributed by atoms with E-state index >= 15 is 0 Å². The van der Waals surface area contributed by atoms with Crippen molar-refractivity contribution in [1.29, 1.82) is 0 Å². The Morgan fingerprint density at radius 3 is 1.76 bits per heavy atom. The van der Waals surface area contributed by atoms with Crippen LogP contribution in [-0.2, 0) is 38.1 Å². The molecule has 0 fully saturated rings. The molecule has 0 rings (SSSR count). The van der Waals surface area contributed by atoms with Crippen molar-refractivity contribution >= 4 is 23.9 Å². The average Bonchev–Trinajstić information content (AvgIpc) is 2.44. The number of carbonyl (C=O) groups is 4. The van der Waals surface area contributed by atoms with Crippen LogP contribution in [0.3, 0.4) is 0 Å². The van der Waals surface area contributed by atoms with E-state index in [1.165, 1.54) is 13.8 Å². The summed E-state index contributed by atoms with van der Waals surface area (Å²) in [6.45, 7) is 6.00. The van der Waals surface area contributed by atoms with Crippen LogP contribution >= 0.6 is 0 Å². The molecule has 8 nitrogen and oxygen atoms in total. The topological polar surface area (TPSA) is 105 Å². The molecule has 0 saturated carbocycles. The Labute approximate surface area is 122 Å². The minimum atomic E-state index is -1.12. The van der Waals surface area contributed by atoms with Gasteiger partial charge in [-0.1, -0.05) is 6.58 Å². The second-order valence-corrected chi connectivity index (χ2v) is 4.01. The van der Waals surface area contributed by atoms with E-state index in [4.69, 9.17) is 9.47 Å². The molecule has 21 heavy (non-hydrogen) atoms. The van der Waals surface area contributed by atoms with Gasteiger partial charge in [0.05, 0.1) is 20.6 Å². The molecule has 0 N–H and O–H groups in total. The molecule has 0 aromatic carbocycles. The summed E-state index contributed by atoms with van der Waals surface area (Å²) < 4.78 is 18.2. The number of hydrogen-bond donors (Lipinski definition) is 0. The third-order valence-corrected chi connectivity index (χ3v) is 2.30. The van der Waals surface area contributed by atoms with Gasteiger partial charge in [-0.3, -0.25) is 4.79 Å². The normalized spacial score (nSPS) is 12.6. The first-order valence-electron chi connectivity index (χ1n) is 5.96. The maximum Gasteiger partial charge on any atom is 0.346 e. The Kier molecular flexibility index (Phi) is 7.74. The summed E-state index contributed by atoms with van der Waals surface area (Å²) in [5, 5.41) is 0. The van der Waals surface area contributed by atoms with Crippen LogP contribution < -0.4 is 0 Å². The molecule has 0 radical (unpaired) electrons. The average molecular weight is 302 g/mol. The van der Waals surface area contributed by atoms with Gasteiger partial charge in [0.25, 0.3) is 0 Å². The van der Waals surface area contributed by atoms with E-state index < -0.39 is 42.5 Å². The predicted octanol–water partition coefficient (Wildman–Crippen LogP) is 0.142. The number of carbonyl (C=O) groups excluding carboxylic acids is 4. The molecule has 0 aromatic heterocycles. The number of rotatable bonds is 7. The predicted molar refractivity (Wildman–Crippen MR) is 68.9 cm³/mol. The van der Waals surface area contributed by atoms with Gasteiger partial charge in [0.2, 0.25) is 0 Å². The van der Waals surface area contributed by atoms with Gasteiger partial charge in [-0.15, -0.1) is 0 Å². The van der Waals surface area contributed by atoms with E-state index in [1.807, 2.05) is 0 Å². The lowest BCUT2D eigenvalue weighted by molar-refractivity contribution is -0.165. The molecular formula is C13H18O8. The van der Waals surface area contributed by atoms with Crippen LogP contribution in [0.2, 0.25) is 0 Å². The van der Waals surface area contributed by atoms with Crippen LogP contribution in [0.1, 0.15) is 20.3 Å². The highest BCUT2D eigenvalue weighted by atomic mass is 16.6. The second kappa shape index (κ2) is 8.72. The van der Waals surface area contributed by atoms with Gasteiger partial charge < -0.3 is 18.9 Å². The van der Waals surface area contributed by atoms with Crippen molar-refractivity contribution in [3.63, 3.8) is 0 Å². The van der Waals surface area contributed by atoms with Gasteiger partial charge >= 0.3 is 23.9 Å². The van der Waals surface area contributed by atoms with Crippen molar-refractivity contribution in [1.82, 2.24) is 0 Å². The van der Waals surface area contributed by atoms with Gasteiger partial charge in [0.15, 0.2) is 12.2 Å². The van der Waals surface area contributed by atoms with Gasteiger partial charge in [-0.05, 0) is 13.8 Å². The van der Waals surface area contributed by atoms with Crippen molar-refractivity contribution in [2.24, 2.45) is 0 Å². The van der Waals surface area contributed by atoms with Gasteiger partial charge in [-0.25, -0.2) is 14.4 Å². The Bertz CT molecular complexity index is 439. The van der Waals surface area contributed by atoms with Crippen LogP contribution in [0.4, 0.5) is 0 Å². The molecular weight excluding hydrogens is 284 g/mol. The van der Waals surface area contributed by atoms with Crippen molar-refractivity contribution in [3.8, 4) is 0 Å². The Morgan fingerprint density at radius 1 is 0.905 bits per heavy atom. The fourth-order valence-electron chi connectivity index (χ4n) is 1.16. The maximum atomic E-state index is 11.6. The molecule has 0 aliphatic heterocycles. The lowest BCUT2D eigenvalue weighted by atomic mass is 10.2. The van der Waals surface area contributed by atoms with Crippen LogP contribution in [-0.4, -0.2) is 50.3 Å². The number of methoxy groups -OCH3 is 2. The first-order valence-corrected chi connectivity index (χ1v) is 5.96. The maximum absolute atomic E-state index is 11.6. The first kappa shape index (κ1) is 18.6. The number of hydrogen-bond acceptors (Lipinski definition) is 8. The number of esters is 4. The molecule has 2 unspecified atom stereocenters. The molecule has 8 heteroatoms. The third kappa shape index (κ3) is 6.55. The quantitative estimate of drug-likeness (QED) is 0.371. The fourth-order valence-corrected chi connectivity index (χ4v) is 1.16. The molecule has 0 heterocycles. The zero-order chi connectivity index (χ0) is 16.6.